The Labute approximate surface area is 127 Å². The highest BCUT2D eigenvalue weighted by atomic mass is 19.1. The lowest BCUT2D eigenvalue weighted by Gasteiger charge is -2.17. The first-order valence-corrected chi connectivity index (χ1v) is 7.29. The van der Waals surface area contributed by atoms with Crippen LogP contribution in [0.25, 0.3) is 0 Å². The van der Waals surface area contributed by atoms with Gasteiger partial charge in [0.1, 0.15) is 11.6 Å². The molecule has 6 heteroatoms. The van der Waals surface area contributed by atoms with E-state index in [1.54, 1.807) is 23.1 Å². The minimum Gasteiger partial charge on any atom is -0.355 e. The van der Waals surface area contributed by atoms with Gasteiger partial charge < -0.3 is 5.32 Å². The molecule has 116 valence electrons. The second kappa shape index (κ2) is 5.87. The molecule has 0 unspecified atom stereocenters. The van der Waals surface area contributed by atoms with Gasteiger partial charge in [-0.05, 0) is 30.5 Å². The van der Waals surface area contributed by atoms with E-state index >= 15 is 0 Å². The van der Waals surface area contributed by atoms with Crippen LogP contribution in [0.5, 0.6) is 0 Å². The van der Waals surface area contributed by atoms with Crippen LogP contribution >= 0.6 is 0 Å². The molecule has 2 aromatic rings. The fourth-order valence-electron chi connectivity index (χ4n) is 2.62. The van der Waals surface area contributed by atoms with Crippen LogP contribution in [0.3, 0.4) is 0 Å². The number of nitrogens with zero attached hydrogens (tertiary/aromatic N) is 2. The fourth-order valence-corrected chi connectivity index (χ4v) is 2.62. The normalized spacial score (nSPS) is 15.5. The molecule has 4 nitrogen and oxygen atoms in total. The highest BCUT2D eigenvalue weighted by Gasteiger charge is 2.46. The van der Waals surface area contributed by atoms with Crippen LogP contribution in [-0.2, 0) is 16.8 Å². The average Bonchev–Trinajstić information content (AvgIpc) is 3.08. The van der Waals surface area contributed by atoms with Crippen LogP contribution in [-0.4, -0.2) is 22.2 Å². The van der Waals surface area contributed by atoms with E-state index in [1.807, 2.05) is 0 Å². The lowest BCUT2D eigenvalue weighted by atomic mass is 9.95. The quantitative estimate of drug-likeness (QED) is 0.891. The molecular formula is C16H17F2N3O. The van der Waals surface area contributed by atoms with E-state index in [9.17, 15) is 13.6 Å². The fraction of sp³-hybridized carbons (Fsp3) is 0.375. The zero-order chi connectivity index (χ0) is 15.6. The summed E-state index contributed by atoms with van der Waals surface area (Å²) in [6, 6.07) is 5.44. The van der Waals surface area contributed by atoms with E-state index in [2.05, 4.69) is 10.4 Å². The first-order valence-electron chi connectivity index (χ1n) is 7.29. The molecule has 22 heavy (non-hydrogen) atoms. The Balaban J connectivity index is 1.55. The Bertz CT molecular complexity index is 666. The minimum atomic E-state index is -0.583. The summed E-state index contributed by atoms with van der Waals surface area (Å²) in [7, 11) is 0. The number of benzene rings is 1. The van der Waals surface area contributed by atoms with Crippen molar-refractivity contribution < 1.29 is 13.6 Å². The van der Waals surface area contributed by atoms with Crippen LogP contribution < -0.4 is 5.32 Å². The van der Waals surface area contributed by atoms with Gasteiger partial charge in [-0.1, -0.05) is 6.07 Å². The molecule has 0 saturated heterocycles. The number of halogens is 2. The summed E-state index contributed by atoms with van der Waals surface area (Å²) >= 11 is 0. The Morgan fingerprint density at radius 3 is 2.82 bits per heavy atom. The highest BCUT2D eigenvalue weighted by molar-refractivity contribution is 5.76. The summed E-state index contributed by atoms with van der Waals surface area (Å²) in [5.41, 5.74) is 0.111. The Morgan fingerprint density at radius 2 is 2.18 bits per heavy atom. The van der Waals surface area contributed by atoms with E-state index < -0.39 is 11.6 Å². The van der Waals surface area contributed by atoms with Crippen molar-refractivity contribution >= 4 is 5.91 Å². The molecule has 1 N–H and O–H groups in total. The van der Waals surface area contributed by atoms with Crippen molar-refractivity contribution in [3.8, 4) is 0 Å². The van der Waals surface area contributed by atoms with Gasteiger partial charge in [0.15, 0.2) is 0 Å². The van der Waals surface area contributed by atoms with Gasteiger partial charge in [-0.25, -0.2) is 8.78 Å². The van der Waals surface area contributed by atoms with Crippen LogP contribution in [0, 0.1) is 11.6 Å². The SMILES string of the molecule is O=C(CCn1cccn1)NCC1(c2ccc(F)cc2F)CC1. The molecule has 1 amide bonds. The molecule has 1 aliphatic carbocycles. The molecule has 0 atom stereocenters. The van der Waals surface area contributed by atoms with Crippen LogP contribution in [0.15, 0.2) is 36.7 Å². The number of nitrogens with one attached hydrogen (secondary N) is 1. The predicted molar refractivity (Wildman–Crippen MR) is 77.1 cm³/mol. The molecule has 1 aromatic heterocycles. The van der Waals surface area contributed by atoms with E-state index in [4.69, 9.17) is 0 Å². The van der Waals surface area contributed by atoms with E-state index in [0.29, 0.717) is 25.1 Å². The molecule has 0 bridgehead atoms. The van der Waals surface area contributed by atoms with E-state index in [-0.39, 0.29) is 11.3 Å². The van der Waals surface area contributed by atoms with Gasteiger partial charge >= 0.3 is 0 Å². The minimum absolute atomic E-state index is 0.0932. The number of carbonyl (C=O) groups is 1. The first kappa shape index (κ1) is 14.7. The van der Waals surface area contributed by atoms with Crippen molar-refractivity contribution in [3.63, 3.8) is 0 Å². The standard InChI is InChI=1S/C16H17F2N3O/c17-12-2-3-13(14(18)10-12)16(5-6-16)11-19-15(22)4-9-21-8-1-7-20-21/h1-3,7-8,10H,4-6,9,11H2,(H,19,22). The van der Waals surface area contributed by atoms with Gasteiger partial charge in [-0.15, -0.1) is 0 Å². The third-order valence-corrected chi connectivity index (χ3v) is 4.11. The van der Waals surface area contributed by atoms with Gasteiger partial charge in [0.2, 0.25) is 5.91 Å². The molecular weight excluding hydrogens is 288 g/mol. The number of rotatable bonds is 6. The molecule has 0 radical (unpaired) electrons. The summed E-state index contributed by atoms with van der Waals surface area (Å²) in [5, 5.41) is 6.88. The maximum Gasteiger partial charge on any atom is 0.221 e. The molecule has 1 saturated carbocycles. The Kier molecular flexibility index (Phi) is 3.92. The van der Waals surface area contributed by atoms with Gasteiger partial charge in [0, 0.05) is 43.4 Å². The van der Waals surface area contributed by atoms with Crippen LogP contribution in [0.1, 0.15) is 24.8 Å². The maximum atomic E-state index is 13.9. The van der Waals surface area contributed by atoms with Gasteiger partial charge in [0.25, 0.3) is 0 Å². The zero-order valence-corrected chi connectivity index (χ0v) is 12.1. The molecule has 1 heterocycles. The number of hydrogen-bond donors (Lipinski definition) is 1. The third kappa shape index (κ3) is 3.16. The maximum absolute atomic E-state index is 13.9. The van der Waals surface area contributed by atoms with Crippen LogP contribution in [0.4, 0.5) is 8.78 Å². The number of hydrogen-bond acceptors (Lipinski definition) is 2. The monoisotopic (exact) mass is 305 g/mol. The van der Waals surface area contributed by atoms with E-state index in [0.717, 1.165) is 18.9 Å². The molecule has 0 aliphatic heterocycles. The van der Waals surface area contributed by atoms with Gasteiger partial charge in [0.05, 0.1) is 0 Å². The molecule has 3 rings (SSSR count). The number of carbonyl (C=O) groups excluding carboxylic acids is 1. The van der Waals surface area contributed by atoms with Crippen molar-refractivity contribution in [1.82, 2.24) is 15.1 Å². The number of aromatic nitrogens is 2. The van der Waals surface area contributed by atoms with Crippen molar-refractivity contribution in [3.05, 3.63) is 53.9 Å². The van der Waals surface area contributed by atoms with Gasteiger partial charge in [-0.2, -0.15) is 5.10 Å². The third-order valence-electron chi connectivity index (χ3n) is 4.11. The van der Waals surface area contributed by atoms with Gasteiger partial charge in [-0.3, -0.25) is 9.48 Å². The number of amides is 1. The highest BCUT2D eigenvalue weighted by Crippen LogP contribution is 2.48. The van der Waals surface area contributed by atoms with E-state index in [1.165, 1.54) is 12.1 Å². The second-order valence-corrected chi connectivity index (χ2v) is 5.70. The summed E-state index contributed by atoms with van der Waals surface area (Å²) in [5.74, 6) is -1.21. The summed E-state index contributed by atoms with van der Waals surface area (Å²) < 4.78 is 28.6. The number of aryl methyl sites for hydroxylation is 1. The molecule has 1 aromatic carbocycles. The summed E-state index contributed by atoms with van der Waals surface area (Å²) in [6.45, 7) is 0.893. The average molecular weight is 305 g/mol. The Hall–Kier alpha value is -2.24. The summed E-state index contributed by atoms with van der Waals surface area (Å²) in [6.07, 6.45) is 5.38. The van der Waals surface area contributed by atoms with Crippen LogP contribution in [0.2, 0.25) is 0 Å². The molecule has 1 fully saturated rings. The lowest BCUT2D eigenvalue weighted by molar-refractivity contribution is -0.121. The van der Waals surface area contributed by atoms with Crippen molar-refractivity contribution in [2.75, 3.05) is 6.54 Å². The topological polar surface area (TPSA) is 46.9 Å². The smallest absolute Gasteiger partial charge is 0.221 e. The second-order valence-electron chi connectivity index (χ2n) is 5.70. The first-order chi connectivity index (χ1) is 10.6. The largest absolute Gasteiger partial charge is 0.355 e. The molecule has 1 aliphatic rings. The zero-order valence-electron chi connectivity index (χ0n) is 12.1. The Morgan fingerprint density at radius 1 is 1.36 bits per heavy atom. The van der Waals surface area contributed by atoms with Crippen molar-refractivity contribution in [1.29, 1.82) is 0 Å². The lowest BCUT2D eigenvalue weighted by Crippen LogP contribution is -2.33. The predicted octanol–water partition coefficient (Wildman–Crippen LogP) is 2.40. The summed E-state index contributed by atoms with van der Waals surface area (Å²) in [4.78, 5) is 11.9. The molecule has 0 spiro atoms. The van der Waals surface area contributed by atoms with Crippen molar-refractivity contribution in [2.24, 2.45) is 0 Å². The van der Waals surface area contributed by atoms with Crippen molar-refractivity contribution in [2.45, 2.75) is 31.2 Å².